The van der Waals surface area contributed by atoms with Crippen LogP contribution in [0.15, 0.2) is 30.3 Å². The molecule has 0 aliphatic heterocycles. The Balaban J connectivity index is 2.86. The van der Waals surface area contributed by atoms with Gasteiger partial charge in [0.15, 0.2) is 5.78 Å². The molecule has 0 saturated carbocycles. The van der Waals surface area contributed by atoms with Crippen molar-refractivity contribution < 1.29 is 19.5 Å². The fourth-order valence-corrected chi connectivity index (χ4v) is 2.16. The van der Waals surface area contributed by atoms with E-state index in [9.17, 15) is 19.5 Å². The number of nitrogens with two attached hydrogens (primary N) is 1. The number of carbonyl (C=O) groups is 3. The van der Waals surface area contributed by atoms with E-state index in [1.54, 1.807) is 11.8 Å². The predicted molar refractivity (Wildman–Crippen MR) is 77.4 cm³/mol. The number of hydrogen-bond acceptors (Lipinski definition) is 4. The van der Waals surface area contributed by atoms with Crippen LogP contribution < -0.4 is 5.73 Å². The summed E-state index contributed by atoms with van der Waals surface area (Å²) < 4.78 is 0. The molecule has 0 spiro atoms. The van der Waals surface area contributed by atoms with Crippen molar-refractivity contribution in [3.8, 4) is 0 Å². The number of aliphatic carboxylic acids is 1. The molecule has 1 aromatic rings. The maximum Gasteiger partial charge on any atom is 0.320 e. The maximum absolute atomic E-state index is 11.8. The highest BCUT2D eigenvalue weighted by Gasteiger charge is 2.26. The monoisotopic (exact) mass is 292 g/mol. The van der Waals surface area contributed by atoms with Gasteiger partial charge in [-0.25, -0.2) is 0 Å². The lowest BCUT2D eigenvalue weighted by Gasteiger charge is -2.27. The molecule has 0 aliphatic carbocycles. The number of carbonyl (C=O) groups excluding carboxylic acids is 2. The van der Waals surface area contributed by atoms with Gasteiger partial charge in [0.25, 0.3) is 0 Å². The third kappa shape index (κ3) is 5.74. The molecule has 0 saturated heterocycles. The lowest BCUT2D eigenvalue weighted by molar-refractivity contribution is -0.144. The number of carboxylic acids is 1. The molecule has 0 heterocycles. The van der Waals surface area contributed by atoms with Crippen molar-refractivity contribution in [3.05, 3.63) is 35.9 Å². The highest BCUT2D eigenvalue weighted by atomic mass is 16.4. The Kier molecular flexibility index (Phi) is 6.55. The quantitative estimate of drug-likeness (QED) is 0.655. The molecule has 6 heteroatoms. The van der Waals surface area contributed by atoms with Crippen LogP contribution in [0.2, 0.25) is 0 Å². The Bertz CT molecular complexity index is 502. The van der Waals surface area contributed by atoms with E-state index in [1.165, 1.54) is 0 Å². The van der Waals surface area contributed by atoms with Crippen LogP contribution in [0.3, 0.4) is 0 Å². The molecular formula is C15H20N2O4. The summed E-state index contributed by atoms with van der Waals surface area (Å²) >= 11 is 0. The van der Waals surface area contributed by atoms with Crippen molar-refractivity contribution >= 4 is 17.7 Å². The molecule has 3 N–H and O–H groups in total. The Morgan fingerprint density at radius 3 is 2.33 bits per heavy atom. The number of rotatable bonds is 9. The van der Waals surface area contributed by atoms with Crippen LogP contribution in [0.5, 0.6) is 0 Å². The SMILES string of the molecule is CCC(C(=O)O)N(CC(=O)CC(N)=O)Cc1ccccc1. The molecule has 1 atom stereocenters. The van der Waals surface area contributed by atoms with Crippen LogP contribution in [0.4, 0.5) is 0 Å². The van der Waals surface area contributed by atoms with Gasteiger partial charge in [0, 0.05) is 6.54 Å². The third-order valence-electron chi connectivity index (χ3n) is 3.09. The first-order chi connectivity index (χ1) is 9.93. The van der Waals surface area contributed by atoms with E-state index in [0.717, 1.165) is 5.56 Å². The zero-order valence-corrected chi connectivity index (χ0v) is 12.0. The number of hydrogen-bond donors (Lipinski definition) is 2. The van der Waals surface area contributed by atoms with Gasteiger partial charge < -0.3 is 10.8 Å². The topological polar surface area (TPSA) is 101 Å². The number of nitrogens with zero attached hydrogens (tertiary/aromatic N) is 1. The van der Waals surface area contributed by atoms with Crippen LogP contribution in [0, 0.1) is 0 Å². The Hall–Kier alpha value is -2.21. The van der Waals surface area contributed by atoms with Crippen LogP contribution in [-0.2, 0) is 20.9 Å². The summed E-state index contributed by atoms with van der Waals surface area (Å²) in [7, 11) is 0. The second-order valence-electron chi connectivity index (χ2n) is 4.83. The molecule has 114 valence electrons. The number of primary amides is 1. The van der Waals surface area contributed by atoms with Crippen LogP contribution in [0.1, 0.15) is 25.3 Å². The minimum Gasteiger partial charge on any atom is -0.480 e. The minimum absolute atomic E-state index is 0.108. The number of carboxylic acid groups (broad SMARTS) is 1. The summed E-state index contributed by atoms with van der Waals surface area (Å²) in [5.74, 6) is -2.07. The number of benzene rings is 1. The fraction of sp³-hybridized carbons (Fsp3) is 0.400. The first-order valence-electron chi connectivity index (χ1n) is 6.74. The zero-order valence-electron chi connectivity index (χ0n) is 12.0. The summed E-state index contributed by atoms with van der Waals surface area (Å²) in [6.07, 6.45) is -0.00659. The molecule has 1 amide bonds. The van der Waals surface area contributed by atoms with Gasteiger partial charge in [-0.2, -0.15) is 0 Å². The van der Waals surface area contributed by atoms with E-state index >= 15 is 0 Å². The van der Waals surface area contributed by atoms with E-state index in [4.69, 9.17) is 5.73 Å². The van der Waals surface area contributed by atoms with Crippen molar-refractivity contribution in [1.82, 2.24) is 4.90 Å². The van der Waals surface area contributed by atoms with Crippen LogP contribution in [0.25, 0.3) is 0 Å². The lowest BCUT2D eigenvalue weighted by Crippen LogP contribution is -2.43. The van der Waals surface area contributed by atoms with Crippen molar-refractivity contribution in [2.24, 2.45) is 5.73 Å². The molecule has 6 nitrogen and oxygen atoms in total. The highest BCUT2D eigenvalue weighted by molar-refractivity contribution is 5.98. The van der Waals surface area contributed by atoms with Gasteiger partial charge in [0.1, 0.15) is 6.04 Å². The molecule has 0 bridgehead atoms. The second kappa shape index (κ2) is 8.16. The van der Waals surface area contributed by atoms with Crippen LogP contribution in [-0.4, -0.2) is 40.3 Å². The molecule has 1 unspecified atom stereocenters. The Morgan fingerprint density at radius 2 is 1.86 bits per heavy atom. The van der Waals surface area contributed by atoms with Crippen molar-refractivity contribution in [2.75, 3.05) is 6.54 Å². The summed E-state index contributed by atoms with van der Waals surface area (Å²) in [6.45, 7) is 1.97. The van der Waals surface area contributed by atoms with Gasteiger partial charge in [0.05, 0.1) is 13.0 Å². The first kappa shape index (κ1) is 16.8. The smallest absolute Gasteiger partial charge is 0.320 e. The van der Waals surface area contributed by atoms with E-state index < -0.39 is 17.9 Å². The van der Waals surface area contributed by atoms with E-state index in [0.29, 0.717) is 13.0 Å². The van der Waals surface area contributed by atoms with Crippen molar-refractivity contribution in [2.45, 2.75) is 32.4 Å². The summed E-state index contributed by atoms with van der Waals surface area (Å²) in [5.41, 5.74) is 5.90. The van der Waals surface area contributed by atoms with Crippen LogP contribution >= 0.6 is 0 Å². The molecular weight excluding hydrogens is 272 g/mol. The van der Waals surface area contributed by atoms with Gasteiger partial charge in [0.2, 0.25) is 5.91 Å². The second-order valence-corrected chi connectivity index (χ2v) is 4.83. The maximum atomic E-state index is 11.8. The molecule has 0 aromatic heterocycles. The first-order valence-corrected chi connectivity index (χ1v) is 6.74. The molecule has 0 fully saturated rings. The summed E-state index contributed by atoms with van der Waals surface area (Å²) in [4.78, 5) is 35.4. The zero-order chi connectivity index (χ0) is 15.8. The molecule has 0 radical (unpaired) electrons. The number of ketones is 1. The van der Waals surface area contributed by atoms with Crippen molar-refractivity contribution in [1.29, 1.82) is 0 Å². The lowest BCUT2D eigenvalue weighted by atomic mass is 10.1. The van der Waals surface area contributed by atoms with E-state index in [-0.39, 0.29) is 18.7 Å². The number of amides is 1. The summed E-state index contributed by atoms with van der Waals surface area (Å²) in [5, 5.41) is 9.27. The molecule has 1 rings (SSSR count). The standard InChI is InChI=1S/C15H20N2O4/c1-2-13(15(20)21)17(10-12(18)8-14(16)19)9-11-6-4-3-5-7-11/h3-7,13H,2,8-10H2,1H3,(H2,16,19)(H,20,21). The fourth-order valence-electron chi connectivity index (χ4n) is 2.16. The van der Waals surface area contributed by atoms with Gasteiger partial charge in [-0.3, -0.25) is 19.3 Å². The molecule has 21 heavy (non-hydrogen) atoms. The van der Waals surface area contributed by atoms with Crippen molar-refractivity contribution in [3.63, 3.8) is 0 Å². The molecule has 0 aliphatic rings. The van der Waals surface area contributed by atoms with Gasteiger partial charge in [-0.05, 0) is 12.0 Å². The number of Topliss-reactive ketones (excluding diaryl/α,β-unsaturated/α-hetero) is 1. The van der Waals surface area contributed by atoms with E-state index in [1.807, 2.05) is 30.3 Å². The average molecular weight is 292 g/mol. The summed E-state index contributed by atoms with van der Waals surface area (Å²) in [6, 6.07) is 8.50. The Labute approximate surface area is 123 Å². The minimum atomic E-state index is -0.986. The normalized spacial score (nSPS) is 12.1. The molecule has 1 aromatic carbocycles. The predicted octanol–water partition coefficient (Wildman–Crippen LogP) is 0.796. The van der Waals surface area contributed by atoms with Gasteiger partial charge >= 0.3 is 5.97 Å². The van der Waals surface area contributed by atoms with Gasteiger partial charge in [-0.1, -0.05) is 37.3 Å². The Morgan fingerprint density at radius 1 is 1.24 bits per heavy atom. The average Bonchev–Trinajstić information content (AvgIpc) is 2.39. The van der Waals surface area contributed by atoms with E-state index in [2.05, 4.69) is 0 Å². The largest absolute Gasteiger partial charge is 0.480 e. The third-order valence-corrected chi connectivity index (χ3v) is 3.09. The highest BCUT2D eigenvalue weighted by Crippen LogP contribution is 2.12. The van der Waals surface area contributed by atoms with Gasteiger partial charge in [-0.15, -0.1) is 0 Å².